The molecule has 0 radical (unpaired) electrons. The molecule has 0 aliphatic carbocycles. The van der Waals surface area contributed by atoms with Crippen molar-refractivity contribution in [3.05, 3.63) is 69.8 Å². The summed E-state index contributed by atoms with van der Waals surface area (Å²) in [5.74, 6) is 5.34. The van der Waals surface area contributed by atoms with Gasteiger partial charge in [0.25, 0.3) is 5.91 Å². The molecule has 2 aromatic rings. The zero-order chi connectivity index (χ0) is 30.5. The van der Waals surface area contributed by atoms with Crippen LogP contribution in [0.5, 0.6) is 0 Å². The van der Waals surface area contributed by atoms with Gasteiger partial charge < -0.3 is 9.64 Å². The Kier molecular flexibility index (Phi) is 13.8. The molecule has 2 heterocycles. The van der Waals surface area contributed by atoms with Crippen molar-refractivity contribution in [1.29, 1.82) is 0 Å². The molecule has 1 atom stereocenters. The number of nitrogens with one attached hydrogen (secondary N) is 1. The first-order valence-corrected chi connectivity index (χ1v) is 13.7. The molecular formula is C30H36Cl2F6N4O2. The molecule has 4 rings (SSSR count). The van der Waals surface area contributed by atoms with E-state index >= 15 is 0 Å². The number of hydrogen-bond donors (Lipinski definition) is 1. The van der Waals surface area contributed by atoms with E-state index in [-0.39, 0.29) is 37.4 Å². The first kappa shape index (κ1) is 37.7. The maximum absolute atomic E-state index is 13.6. The first-order chi connectivity index (χ1) is 19.8. The summed E-state index contributed by atoms with van der Waals surface area (Å²) >= 11 is 0. The fourth-order valence-corrected chi connectivity index (χ4v) is 5.06. The number of amides is 1. The van der Waals surface area contributed by atoms with Crippen molar-refractivity contribution in [3.63, 3.8) is 0 Å². The highest BCUT2D eigenvalue weighted by Crippen LogP contribution is 2.37. The number of hydrazine groups is 1. The summed E-state index contributed by atoms with van der Waals surface area (Å²) in [7, 11) is 0. The summed E-state index contributed by atoms with van der Waals surface area (Å²) in [6.07, 6.45) is -9.69. The molecule has 1 amide bonds. The zero-order valence-electron chi connectivity index (χ0n) is 24.4. The Morgan fingerprint density at radius 1 is 0.886 bits per heavy atom. The maximum atomic E-state index is 13.6. The fourth-order valence-electron chi connectivity index (χ4n) is 5.06. The number of carbonyl (C=O) groups excluding carboxylic acids is 1. The lowest BCUT2D eigenvalue weighted by Crippen LogP contribution is -2.56. The molecule has 0 saturated carbocycles. The third kappa shape index (κ3) is 10.3. The van der Waals surface area contributed by atoms with Crippen LogP contribution < -0.4 is 5.43 Å². The summed E-state index contributed by atoms with van der Waals surface area (Å²) < 4.78 is 86.2. The molecule has 6 nitrogen and oxygen atoms in total. The first-order valence-electron chi connectivity index (χ1n) is 13.7. The average molecular weight is 670 g/mol. The van der Waals surface area contributed by atoms with Crippen molar-refractivity contribution in [3.8, 4) is 11.8 Å². The molecule has 2 aromatic carbocycles. The molecule has 244 valence electrons. The summed E-state index contributed by atoms with van der Waals surface area (Å²) in [5, 5.41) is 2.04. The third-order valence-corrected chi connectivity index (χ3v) is 7.53. The van der Waals surface area contributed by atoms with Crippen LogP contribution in [-0.2, 0) is 23.5 Å². The molecule has 14 heteroatoms. The highest BCUT2D eigenvalue weighted by molar-refractivity contribution is 5.95. The lowest BCUT2D eigenvalue weighted by atomic mass is 9.97. The van der Waals surface area contributed by atoms with Crippen LogP contribution in [0.2, 0.25) is 0 Å². The van der Waals surface area contributed by atoms with E-state index in [9.17, 15) is 31.1 Å². The van der Waals surface area contributed by atoms with E-state index < -0.39 is 41.0 Å². The van der Waals surface area contributed by atoms with Gasteiger partial charge in [-0.15, -0.1) is 24.8 Å². The van der Waals surface area contributed by atoms with Gasteiger partial charge in [0.2, 0.25) is 0 Å². The van der Waals surface area contributed by atoms with Gasteiger partial charge in [-0.1, -0.05) is 30.0 Å². The fraction of sp³-hybridized carbons (Fsp3) is 0.500. The van der Waals surface area contributed by atoms with Crippen molar-refractivity contribution >= 4 is 30.7 Å². The molecule has 0 spiro atoms. The Hall–Kier alpha value is -2.53. The number of aryl methyl sites for hydroxylation is 2. The molecule has 2 fully saturated rings. The number of ether oxygens (including phenoxy) is 1. The van der Waals surface area contributed by atoms with Crippen LogP contribution in [0.1, 0.15) is 38.2 Å². The highest BCUT2D eigenvalue weighted by Gasteiger charge is 2.39. The number of benzene rings is 2. The van der Waals surface area contributed by atoms with Gasteiger partial charge in [0.15, 0.2) is 0 Å². The smallest absolute Gasteiger partial charge is 0.379 e. The predicted molar refractivity (Wildman–Crippen MR) is 160 cm³/mol. The molecule has 2 aliphatic heterocycles. The van der Waals surface area contributed by atoms with Crippen molar-refractivity contribution in [2.24, 2.45) is 0 Å². The molecule has 0 unspecified atom stereocenters. The van der Waals surface area contributed by atoms with E-state index in [2.05, 4.69) is 17.3 Å². The molecule has 0 bridgehead atoms. The molecule has 2 saturated heterocycles. The Morgan fingerprint density at radius 3 is 2.11 bits per heavy atom. The predicted octanol–water partition coefficient (Wildman–Crippen LogP) is 5.39. The average Bonchev–Trinajstić information content (AvgIpc) is 2.94. The van der Waals surface area contributed by atoms with Gasteiger partial charge in [0.1, 0.15) is 0 Å². The molecule has 0 aromatic heterocycles. The van der Waals surface area contributed by atoms with Crippen molar-refractivity contribution in [2.45, 2.75) is 38.7 Å². The van der Waals surface area contributed by atoms with Crippen LogP contribution in [0, 0.1) is 25.7 Å². The van der Waals surface area contributed by atoms with Crippen LogP contribution >= 0.6 is 24.8 Å². The summed E-state index contributed by atoms with van der Waals surface area (Å²) in [4.78, 5) is 17.0. The van der Waals surface area contributed by atoms with E-state index in [1.165, 1.54) is 4.90 Å². The van der Waals surface area contributed by atoms with Gasteiger partial charge in [-0.05, 0) is 55.2 Å². The second-order valence-electron chi connectivity index (χ2n) is 10.6. The lowest BCUT2D eigenvalue weighted by Gasteiger charge is -2.41. The van der Waals surface area contributed by atoms with Gasteiger partial charge in [0, 0.05) is 44.3 Å². The van der Waals surface area contributed by atoms with Crippen molar-refractivity contribution in [1.82, 2.24) is 20.2 Å². The number of piperazine rings is 1. The number of rotatable bonds is 6. The second kappa shape index (κ2) is 16.2. The highest BCUT2D eigenvalue weighted by atomic mass is 35.5. The monoisotopic (exact) mass is 668 g/mol. The minimum atomic E-state index is -5.04. The number of hydrogen-bond acceptors (Lipinski definition) is 5. The van der Waals surface area contributed by atoms with E-state index in [0.29, 0.717) is 57.9 Å². The molecule has 2 aliphatic rings. The molecule has 44 heavy (non-hydrogen) atoms. The normalized spacial score (nSPS) is 18.1. The standard InChI is InChI=1S/C30H34F6N4O2.2ClH/c1-21-5-6-23(15-22(21)2)16-27-20-38(8-4-3-7-37-39-11-13-42-14-12-39)9-10-40(27)28(41)24-17-25(29(31,32)33)19-26(18-24)30(34,35)36;;/h5-6,15,17-19,27,37H,7-14,16,20H2,1-2H3;2*1H/t27-;;/m1../s1. The number of alkyl halides is 6. The number of morpholine rings is 1. The largest absolute Gasteiger partial charge is 0.416 e. The van der Waals surface area contributed by atoms with Crippen LogP contribution in [-0.4, -0.2) is 85.8 Å². The van der Waals surface area contributed by atoms with Gasteiger partial charge in [0.05, 0.1) is 37.4 Å². The van der Waals surface area contributed by atoms with E-state index in [1.807, 2.05) is 42.0 Å². The Labute approximate surface area is 265 Å². The minimum Gasteiger partial charge on any atom is -0.379 e. The van der Waals surface area contributed by atoms with Crippen LogP contribution in [0.3, 0.4) is 0 Å². The van der Waals surface area contributed by atoms with E-state index in [0.717, 1.165) is 29.8 Å². The van der Waals surface area contributed by atoms with Crippen LogP contribution in [0.15, 0.2) is 36.4 Å². The Bertz CT molecular complexity index is 1290. The zero-order valence-corrected chi connectivity index (χ0v) is 26.0. The van der Waals surface area contributed by atoms with Crippen LogP contribution in [0.4, 0.5) is 26.3 Å². The van der Waals surface area contributed by atoms with Crippen LogP contribution in [0.25, 0.3) is 0 Å². The van der Waals surface area contributed by atoms with E-state index in [4.69, 9.17) is 4.74 Å². The van der Waals surface area contributed by atoms with Gasteiger partial charge in [-0.2, -0.15) is 26.3 Å². The lowest BCUT2D eigenvalue weighted by molar-refractivity contribution is -0.143. The van der Waals surface area contributed by atoms with E-state index in [1.54, 1.807) is 0 Å². The number of nitrogens with zero attached hydrogens (tertiary/aromatic N) is 3. The van der Waals surface area contributed by atoms with Crippen molar-refractivity contribution in [2.75, 3.05) is 59.0 Å². The number of carbonyl (C=O) groups is 1. The Morgan fingerprint density at radius 2 is 1.52 bits per heavy atom. The Balaban J connectivity index is 0.00000337. The van der Waals surface area contributed by atoms with Gasteiger partial charge >= 0.3 is 12.4 Å². The SMILES string of the molecule is Cc1ccc(C[C@@H]2CN(CC#CCNN3CCOCC3)CCN2C(=O)c2cc(C(F)(F)F)cc(C(F)(F)F)c2)cc1C.Cl.Cl. The molecular weight excluding hydrogens is 633 g/mol. The molecule has 1 N–H and O–H groups in total. The van der Waals surface area contributed by atoms with Crippen molar-refractivity contribution < 1.29 is 35.9 Å². The third-order valence-electron chi connectivity index (χ3n) is 7.53. The quantitative estimate of drug-likeness (QED) is 0.330. The maximum Gasteiger partial charge on any atom is 0.416 e. The van der Waals surface area contributed by atoms with Gasteiger partial charge in [-0.25, -0.2) is 10.4 Å². The topological polar surface area (TPSA) is 48.0 Å². The summed E-state index contributed by atoms with van der Waals surface area (Å²) in [5.41, 5.74) is 2.63. The summed E-state index contributed by atoms with van der Waals surface area (Å²) in [6, 6.07) is 6.42. The summed E-state index contributed by atoms with van der Waals surface area (Å²) in [6.45, 7) is 8.54. The minimum absolute atomic E-state index is 0. The second-order valence-corrected chi connectivity index (χ2v) is 10.6. The van der Waals surface area contributed by atoms with Gasteiger partial charge in [-0.3, -0.25) is 9.69 Å². The number of halogens is 8.